The number of benzene rings is 1. The van der Waals surface area contributed by atoms with Gasteiger partial charge in [0.1, 0.15) is 24.2 Å². The summed E-state index contributed by atoms with van der Waals surface area (Å²) in [6.07, 6.45) is 4.54. The summed E-state index contributed by atoms with van der Waals surface area (Å²) < 4.78 is 13.3. The summed E-state index contributed by atoms with van der Waals surface area (Å²) in [6.45, 7) is 3.68. The zero-order chi connectivity index (χ0) is 25.5. The number of hydrogen-bond donors (Lipinski definition) is 2. The largest absolute Gasteiger partial charge is 0.497 e. The fourth-order valence-electron chi connectivity index (χ4n) is 3.41. The van der Waals surface area contributed by atoms with Crippen molar-refractivity contribution in [3.05, 3.63) is 62.6 Å². The van der Waals surface area contributed by atoms with E-state index in [2.05, 4.69) is 15.3 Å². The van der Waals surface area contributed by atoms with E-state index in [1.54, 1.807) is 44.5 Å². The number of amides is 1. The molecule has 0 aliphatic heterocycles. The van der Waals surface area contributed by atoms with E-state index in [1.807, 2.05) is 6.92 Å². The summed E-state index contributed by atoms with van der Waals surface area (Å²) in [5, 5.41) is 2.55. The van der Waals surface area contributed by atoms with E-state index < -0.39 is 29.2 Å². The van der Waals surface area contributed by atoms with Gasteiger partial charge < -0.3 is 19.4 Å². The van der Waals surface area contributed by atoms with Crippen LogP contribution in [0.1, 0.15) is 38.1 Å². The van der Waals surface area contributed by atoms with Crippen molar-refractivity contribution in [2.24, 2.45) is 7.05 Å². The van der Waals surface area contributed by atoms with E-state index >= 15 is 0 Å². The van der Waals surface area contributed by atoms with Gasteiger partial charge in [0, 0.05) is 19.7 Å². The minimum atomic E-state index is -0.913. The molecule has 186 valence electrons. The number of nitrogens with one attached hydrogen (secondary N) is 2. The molecular formula is C24H29N5O6. The molecule has 2 N–H and O–H groups in total. The molecule has 3 rings (SSSR count). The van der Waals surface area contributed by atoms with E-state index in [1.165, 1.54) is 22.1 Å². The van der Waals surface area contributed by atoms with Crippen LogP contribution in [-0.2, 0) is 34.5 Å². The van der Waals surface area contributed by atoms with E-state index in [9.17, 15) is 19.2 Å². The Hall–Kier alpha value is -4.15. The maximum atomic E-state index is 12.4. The number of ether oxygens (including phenoxy) is 2. The highest BCUT2D eigenvalue weighted by atomic mass is 16.5. The molecule has 0 fully saturated rings. The van der Waals surface area contributed by atoms with Crippen LogP contribution in [0.5, 0.6) is 5.75 Å². The molecule has 0 unspecified atom stereocenters. The van der Waals surface area contributed by atoms with Crippen LogP contribution in [0, 0.1) is 0 Å². The van der Waals surface area contributed by atoms with Crippen molar-refractivity contribution in [2.45, 2.75) is 45.9 Å². The Bertz CT molecular complexity index is 1350. The first-order valence-electron chi connectivity index (χ1n) is 11.2. The summed E-state index contributed by atoms with van der Waals surface area (Å²) in [4.78, 5) is 55.8. The molecule has 35 heavy (non-hydrogen) atoms. The van der Waals surface area contributed by atoms with E-state index in [0.717, 1.165) is 18.4 Å². The molecule has 0 saturated carbocycles. The number of H-pyrrole nitrogens is 1. The summed E-state index contributed by atoms with van der Waals surface area (Å²) in [5.41, 5.74) is 0.166. The molecule has 0 spiro atoms. The molecule has 1 atom stereocenters. The molecule has 2 heterocycles. The molecule has 11 heteroatoms. The number of nitrogens with zero attached hydrogens (tertiary/aromatic N) is 3. The lowest BCUT2D eigenvalue weighted by atomic mass is 10.2. The monoisotopic (exact) mass is 483 g/mol. The van der Waals surface area contributed by atoms with Gasteiger partial charge in [0.15, 0.2) is 11.2 Å². The van der Waals surface area contributed by atoms with E-state index in [4.69, 9.17) is 9.47 Å². The highest BCUT2D eigenvalue weighted by Gasteiger charge is 2.20. The van der Waals surface area contributed by atoms with Gasteiger partial charge in [-0.1, -0.05) is 25.5 Å². The van der Waals surface area contributed by atoms with Crippen molar-refractivity contribution in [3.8, 4) is 5.75 Å². The van der Waals surface area contributed by atoms with Gasteiger partial charge in [0.25, 0.3) is 5.56 Å². The predicted octanol–water partition coefficient (Wildman–Crippen LogP) is 1.49. The minimum Gasteiger partial charge on any atom is -0.497 e. The molecule has 0 aliphatic rings. The van der Waals surface area contributed by atoms with E-state index in [-0.39, 0.29) is 17.8 Å². The second-order valence-electron chi connectivity index (χ2n) is 7.97. The number of rotatable bonds is 10. The first kappa shape index (κ1) is 25.5. The van der Waals surface area contributed by atoms with Gasteiger partial charge in [-0.25, -0.2) is 14.6 Å². The lowest BCUT2D eigenvalue weighted by molar-refractivity contribution is -0.148. The SMILES string of the molecule is CCCCn1c(=O)[nH]c(=O)c2c1nc(COC(=O)[C@H](C)NC(=O)/C=C/c1ccc(OC)cc1)n2C. The van der Waals surface area contributed by atoms with Crippen LogP contribution in [0.3, 0.4) is 0 Å². The Balaban J connectivity index is 1.64. The molecule has 0 saturated heterocycles. The first-order valence-corrected chi connectivity index (χ1v) is 11.2. The van der Waals surface area contributed by atoms with Gasteiger partial charge in [-0.15, -0.1) is 0 Å². The van der Waals surface area contributed by atoms with Crippen LogP contribution in [0.25, 0.3) is 17.2 Å². The topological polar surface area (TPSA) is 137 Å². The fourth-order valence-corrected chi connectivity index (χ4v) is 3.41. The Labute approximate surface area is 201 Å². The minimum absolute atomic E-state index is 0.219. The second-order valence-corrected chi connectivity index (χ2v) is 7.97. The Morgan fingerprint density at radius 3 is 2.60 bits per heavy atom. The van der Waals surface area contributed by atoms with Crippen molar-refractivity contribution in [2.75, 3.05) is 7.11 Å². The normalized spacial score (nSPS) is 12.1. The molecule has 0 aliphatic carbocycles. The molecule has 0 bridgehead atoms. The number of unbranched alkanes of at least 4 members (excludes halogenated alkanes) is 1. The average molecular weight is 484 g/mol. The van der Waals surface area contributed by atoms with Gasteiger partial charge in [-0.2, -0.15) is 0 Å². The zero-order valence-electron chi connectivity index (χ0n) is 20.2. The lowest BCUT2D eigenvalue weighted by Gasteiger charge is -2.12. The summed E-state index contributed by atoms with van der Waals surface area (Å²) in [5.74, 6) is -0.120. The number of carbonyl (C=O) groups is 2. The van der Waals surface area contributed by atoms with Crippen molar-refractivity contribution in [3.63, 3.8) is 0 Å². The number of methoxy groups -OCH3 is 1. The number of aryl methyl sites for hydroxylation is 2. The quantitative estimate of drug-likeness (QED) is 0.329. The fraction of sp³-hybridized carbons (Fsp3) is 0.375. The number of imidazole rings is 1. The van der Waals surface area contributed by atoms with Crippen molar-refractivity contribution in [1.29, 1.82) is 0 Å². The number of carbonyl (C=O) groups excluding carboxylic acids is 2. The van der Waals surface area contributed by atoms with Crippen LogP contribution in [0.4, 0.5) is 0 Å². The Kier molecular flexibility index (Phi) is 8.24. The molecule has 3 aromatic rings. The van der Waals surface area contributed by atoms with Gasteiger partial charge in [-0.05, 0) is 37.1 Å². The third-order valence-electron chi connectivity index (χ3n) is 5.44. The Morgan fingerprint density at radius 1 is 1.23 bits per heavy atom. The highest BCUT2D eigenvalue weighted by molar-refractivity contribution is 5.94. The van der Waals surface area contributed by atoms with Crippen LogP contribution in [-0.4, -0.2) is 44.1 Å². The maximum Gasteiger partial charge on any atom is 0.330 e. The van der Waals surface area contributed by atoms with Crippen molar-refractivity contribution >= 4 is 29.1 Å². The van der Waals surface area contributed by atoms with Gasteiger partial charge >= 0.3 is 11.7 Å². The second kappa shape index (κ2) is 11.3. The number of esters is 1. The van der Waals surface area contributed by atoms with Gasteiger partial charge in [0.05, 0.1) is 7.11 Å². The average Bonchev–Trinajstić information content (AvgIpc) is 3.17. The lowest BCUT2D eigenvalue weighted by Crippen LogP contribution is -2.38. The number of aromatic nitrogens is 4. The zero-order valence-corrected chi connectivity index (χ0v) is 20.2. The third-order valence-corrected chi connectivity index (χ3v) is 5.44. The molecule has 1 amide bonds. The number of aromatic amines is 1. The maximum absolute atomic E-state index is 12.4. The summed E-state index contributed by atoms with van der Waals surface area (Å²) in [6, 6.07) is 6.22. The smallest absolute Gasteiger partial charge is 0.330 e. The van der Waals surface area contributed by atoms with Gasteiger partial charge in [0.2, 0.25) is 5.91 Å². The standard InChI is InChI=1S/C24H29N5O6/c1-5-6-13-29-21-20(22(31)27-24(29)33)28(3)18(26-21)14-35-23(32)15(2)25-19(30)12-9-16-7-10-17(34-4)11-8-16/h7-12,15H,5-6,13-14H2,1-4H3,(H,25,30)(H,27,31,33)/b12-9+/t15-/m0/s1. The highest BCUT2D eigenvalue weighted by Crippen LogP contribution is 2.13. The molecule has 2 aromatic heterocycles. The molecule has 11 nitrogen and oxygen atoms in total. The van der Waals surface area contributed by atoms with E-state index in [0.29, 0.717) is 18.1 Å². The number of hydrogen-bond acceptors (Lipinski definition) is 7. The predicted molar refractivity (Wildman–Crippen MR) is 130 cm³/mol. The molecule has 1 aromatic carbocycles. The summed E-state index contributed by atoms with van der Waals surface area (Å²) >= 11 is 0. The van der Waals surface area contributed by atoms with Crippen LogP contribution in [0.15, 0.2) is 39.9 Å². The molecule has 0 radical (unpaired) electrons. The number of fused-ring (bicyclic) bond motifs is 1. The van der Waals surface area contributed by atoms with Gasteiger partial charge in [-0.3, -0.25) is 19.1 Å². The summed E-state index contributed by atoms with van der Waals surface area (Å²) in [7, 11) is 3.18. The van der Waals surface area contributed by atoms with Crippen LogP contribution < -0.4 is 21.3 Å². The third kappa shape index (κ3) is 6.05. The Morgan fingerprint density at radius 2 is 1.94 bits per heavy atom. The first-order chi connectivity index (χ1) is 16.7. The van der Waals surface area contributed by atoms with Crippen molar-refractivity contribution in [1.82, 2.24) is 24.4 Å². The van der Waals surface area contributed by atoms with Crippen LogP contribution in [0.2, 0.25) is 0 Å². The van der Waals surface area contributed by atoms with Crippen molar-refractivity contribution < 1.29 is 19.1 Å². The van der Waals surface area contributed by atoms with Crippen LogP contribution >= 0.6 is 0 Å². The molecular weight excluding hydrogens is 454 g/mol.